The monoisotopic (exact) mass is 497 g/mol. The topological polar surface area (TPSA) is 103 Å². The number of pyridine rings is 1. The number of ketones is 1. The van der Waals surface area contributed by atoms with Crippen LogP contribution in [-0.4, -0.2) is 42.6 Å². The second-order valence-electron chi connectivity index (χ2n) is 9.55. The number of carbonyl (C=O) groups is 3. The molecule has 5 rings (SSSR count). The lowest BCUT2D eigenvalue weighted by molar-refractivity contribution is -0.106. The van der Waals surface area contributed by atoms with Crippen molar-refractivity contribution in [2.45, 2.75) is 44.6 Å². The van der Waals surface area contributed by atoms with E-state index >= 15 is 0 Å². The van der Waals surface area contributed by atoms with Crippen LogP contribution in [0.2, 0.25) is 0 Å². The van der Waals surface area contributed by atoms with Crippen molar-refractivity contribution in [1.29, 1.82) is 0 Å². The average Bonchev–Trinajstić information content (AvgIpc) is 3.57. The summed E-state index contributed by atoms with van der Waals surface area (Å²) < 4.78 is 0. The van der Waals surface area contributed by atoms with Gasteiger partial charge in [0.2, 0.25) is 0 Å². The highest BCUT2D eigenvalue weighted by molar-refractivity contribution is 6.06. The molecule has 0 saturated heterocycles. The first-order valence-corrected chi connectivity index (χ1v) is 12.8. The summed E-state index contributed by atoms with van der Waals surface area (Å²) in [7, 11) is 1.85. The lowest BCUT2D eigenvalue weighted by Crippen LogP contribution is -2.35. The maximum atomic E-state index is 13.0. The number of Topliss-reactive ketones (excluding diaryl/α,β-unsaturated/α-hetero) is 1. The Hall–Kier alpha value is -4.20. The highest BCUT2D eigenvalue weighted by atomic mass is 16.1. The molecule has 1 amide bonds. The molecule has 2 aromatic carbocycles. The van der Waals surface area contributed by atoms with Crippen LogP contribution in [0.25, 0.3) is 0 Å². The van der Waals surface area contributed by atoms with Gasteiger partial charge in [0, 0.05) is 48.1 Å². The van der Waals surface area contributed by atoms with Gasteiger partial charge in [-0.15, -0.1) is 0 Å². The molecule has 0 unspecified atom stereocenters. The maximum Gasteiger partial charge on any atom is 0.255 e. The molecule has 0 aliphatic heterocycles. The van der Waals surface area contributed by atoms with Crippen LogP contribution in [0.15, 0.2) is 54.7 Å². The number of nitrogens with one attached hydrogen (secondary N) is 3. The molecule has 190 valence electrons. The molecule has 2 aliphatic rings. The summed E-state index contributed by atoms with van der Waals surface area (Å²) in [5.41, 5.74) is 5.43. The molecule has 1 saturated carbocycles. The van der Waals surface area contributed by atoms with Gasteiger partial charge < -0.3 is 25.6 Å². The van der Waals surface area contributed by atoms with Gasteiger partial charge in [-0.05, 0) is 61.2 Å². The van der Waals surface area contributed by atoms with Crippen LogP contribution in [0.4, 0.5) is 28.6 Å². The van der Waals surface area contributed by atoms with Gasteiger partial charge in [-0.3, -0.25) is 9.59 Å². The molecule has 0 spiro atoms. The SMILES string of the molecule is CNc1cnc(Nc2cccc(C(=O)Nc3ccc4c(c3)CCC4=O)c2)cc1N(CC=O)C1CCCC1. The summed E-state index contributed by atoms with van der Waals surface area (Å²) in [5.74, 6) is 0.554. The Kier molecular flexibility index (Phi) is 7.16. The first-order chi connectivity index (χ1) is 18.1. The number of fused-ring (bicyclic) bond motifs is 1. The Morgan fingerprint density at radius 2 is 1.92 bits per heavy atom. The largest absolute Gasteiger partial charge is 0.385 e. The Labute approximate surface area is 216 Å². The van der Waals surface area contributed by atoms with Gasteiger partial charge in [-0.1, -0.05) is 18.9 Å². The minimum Gasteiger partial charge on any atom is -0.385 e. The van der Waals surface area contributed by atoms with E-state index in [1.165, 1.54) is 12.8 Å². The standard InChI is InChI=1S/C29H31N5O3/c1-30-25-18-31-28(17-26(25)34(13-14-35)23-7-2-3-8-23)32-21-6-4-5-20(16-21)29(37)33-22-10-11-24-19(15-22)9-12-27(24)36/h4-6,10-11,14-18,23,30H,2-3,7-9,12-13H2,1H3,(H,31,32)(H,33,37). The summed E-state index contributed by atoms with van der Waals surface area (Å²) >= 11 is 0. The summed E-state index contributed by atoms with van der Waals surface area (Å²) in [5, 5.41) is 9.44. The van der Waals surface area contributed by atoms with Gasteiger partial charge in [-0.2, -0.15) is 0 Å². The van der Waals surface area contributed by atoms with Crippen molar-refractivity contribution in [2.24, 2.45) is 0 Å². The number of anilines is 5. The summed E-state index contributed by atoms with van der Waals surface area (Å²) in [6.07, 6.45) is 8.43. The highest BCUT2D eigenvalue weighted by Gasteiger charge is 2.25. The lowest BCUT2D eigenvalue weighted by Gasteiger charge is -2.31. The zero-order valence-electron chi connectivity index (χ0n) is 20.9. The van der Waals surface area contributed by atoms with E-state index in [4.69, 9.17) is 0 Å². The molecule has 8 heteroatoms. The van der Waals surface area contributed by atoms with Crippen molar-refractivity contribution in [2.75, 3.05) is 34.4 Å². The number of aryl methyl sites for hydroxylation is 1. The average molecular weight is 498 g/mol. The van der Waals surface area contributed by atoms with E-state index in [1.807, 2.05) is 31.3 Å². The third kappa shape index (κ3) is 5.33. The van der Waals surface area contributed by atoms with Crippen LogP contribution in [0.5, 0.6) is 0 Å². The van der Waals surface area contributed by atoms with E-state index in [9.17, 15) is 14.4 Å². The van der Waals surface area contributed by atoms with E-state index in [2.05, 4.69) is 25.8 Å². The number of benzene rings is 2. The molecule has 3 N–H and O–H groups in total. The molecule has 3 aromatic rings. The van der Waals surface area contributed by atoms with Crippen LogP contribution in [0, 0.1) is 0 Å². The van der Waals surface area contributed by atoms with Crippen LogP contribution in [0.3, 0.4) is 0 Å². The number of aldehydes is 1. The first kappa shape index (κ1) is 24.5. The van der Waals surface area contributed by atoms with Gasteiger partial charge in [0.25, 0.3) is 5.91 Å². The molecular formula is C29H31N5O3. The Bertz CT molecular complexity index is 1330. The fourth-order valence-corrected chi connectivity index (χ4v) is 5.31. The van der Waals surface area contributed by atoms with Crippen molar-refractivity contribution in [1.82, 2.24) is 4.98 Å². The van der Waals surface area contributed by atoms with Crippen molar-refractivity contribution >= 4 is 46.5 Å². The lowest BCUT2D eigenvalue weighted by atomic mass is 10.1. The number of carbonyl (C=O) groups excluding carboxylic acids is 3. The zero-order chi connectivity index (χ0) is 25.8. The van der Waals surface area contributed by atoms with Gasteiger partial charge in [-0.25, -0.2) is 4.98 Å². The highest BCUT2D eigenvalue weighted by Crippen LogP contribution is 2.34. The molecule has 2 aliphatic carbocycles. The zero-order valence-corrected chi connectivity index (χ0v) is 20.9. The van der Waals surface area contributed by atoms with E-state index in [1.54, 1.807) is 30.5 Å². The van der Waals surface area contributed by atoms with Crippen LogP contribution < -0.4 is 20.9 Å². The van der Waals surface area contributed by atoms with Gasteiger partial charge >= 0.3 is 0 Å². The van der Waals surface area contributed by atoms with Crippen molar-refractivity contribution < 1.29 is 14.4 Å². The Morgan fingerprint density at radius 3 is 2.70 bits per heavy atom. The molecule has 0 atom stereocenters. The third-order valence-electron chi connectivity index (χ3n) is 7.18. The number of amides is 1. The Morgan fingerprint density at radius 1 is 1.08 bits per heavy atom. The predicted molar refractivity (Wildman–Crippen MR) is 146 cm³/mol. The van der Waals surface area contributed by atoms with Gasteiger partial charge in [0.1, 0.15) is 12.1 Å². The number of rotatable bonds is 9. The fraction of sp³-hybridized carbons (Fsp3) is 0.310. The fourth-order valence-electron chi connectivity index (χ4n) is 5.31. The molecule has 1 heterocycles. The van der Waals surface area contributed by atoms with E-state index in [0.717, 1.165) is 47.3 Å². The summed E-state index contributed by atoms with van der Waals surface area (Å²) in [4.78, 5) is 43.0. The Balaban J connectivity index is 1.34. The first-order valence-electron chi connectivity index (χ1n) is 12.8. The van der Waals surface area contributed by atoms with E-state index in [0.29, 0.717) is 42.5 Å². The predicted octanol–water partition coefficient (Wildman–Crippen LogP) is 5.20. The van der Waals surface area contributed by atoms with Crippen molar-refractivity contribution in [3.63, 3.8) is 0 Å². The minimum atomic E-state index is -0.231. The second-order valence-corrected chi connectivity index (χ2v) is 9.55. The smallest absolute Gasteiger partial charge is 0.255 e. The molecule has 0 bridgehead atoms. The molecule has 8 nitrogen and oxygen atoms in total. The van der Waals surface area contributed by atoms with Gasteiger partial charge in [0.15, 0.2) is 5.78 Å². The third-order valence-corrected chi connectivity index (χ3v) is 7.18. The molecule has 37 heavy (non-hydrogen) atoms. The molecule has 0 radical (unpaired) electrons. The van der Waals surface area contributed by atoms with Gasteiger partial charge in [0.05, 0.1) is 24.1 Å². The van der Waals surface area contributed by atoms with Crippen LogP contribution >= 0.6 is 0 Å². The summed E-state index contributed by atoms with van der Waals surface area (Å²) in [6, 6.07) is 15.0. The van der Waals surface area contributed by atoms with Crippen LogP contribution in [0.1, 0.15) is 58.4 Å². The van der Waals surface area contributed by atoms with Crippen LogP contribution in [-0.2, 0) is 11.2 Å². The minimum absolute atomic E-state index is 0.156. The quantitative estimate of drug-likeness (QED) is 0.349. The van der Waals surface area contributed by atoms with Crippen molar-refractivity contribution in [3.05, 3.63) is 71.4 Å². The number of aromatic nitrogens is 1. The second kappa shape index (κ2) is 10.8. The molecule has 1 fully saturated rings. The number of hydrogen-bond acceptors (Lipinski definition) is 7. The maximum absolute atomic E-state index is 13.0. The van der Waals surface area contributed by atoms with E-state index < -0.39 is 0 Å². The summed E-state index contributed by atoms with van der Waals surface area (Å²) in [6.45, 7) is 0.329. The van der Waals surface area contributed by atoms with E-state index in [-0.39, 0.29) is 11.7 Å². The normalized spacial score (nSPS) is 14.8. The number of nitrogens with zero attached hydrogens (tertiary/aromatic N) is 2. The number of hydrogen-bond donors (Lipinski definition) is 3. The molecule has 1 aromatic heterocycles. The molecular weight excluding hydrogens is 466 g/mol. The van der Waals surface area contributed by atoms with Crippen molar-refractivity contribution in [3.8, 4) is 0 Å².